The lowest BCUT2D eigenvalue weighted by Crippen LogP contribution is -2.61. The molecule has 2 aromatic rings. The van der Waals surface area contributed by atoms with Crippen LogP contribution in [0, 0.1) is 5.92 Å². The van der Waals surface area contributed by atoms with Crippen LogP contribution < -0.4 is 4.90 Å². The number of amides is 1. The van der Waals surface area contributed by atoms with Gasteiger partial charge in [0.1, 0.15) is 15.8 Å². The molecule has 4 aliphatic rings. The minimum absolute atomic E-state index is 0.223. The Labute approximate surface area is 155 Å². The zero-order chi connectivity index (χ0) is 17.0. The van der Waals surface area contributed by atoms with Gasteiger partial charge in [-0.2, -0.15) is 0 Å². The molecule has 0 N–H and O–H groups in total. The van der Waals surface area contributed by atoms with E-state index in [9.17, 15) is 4.79 Å². The molecule has 0 saturated carbocycles. The Hall–Kier alpha value is -1.63. The van der Waals surface area contributed by atoms with E-state index in [2.05, 4.69) is 9.88 Å². The maximum Gasteiger partial charge on any atom is 0.415 e. The van der Waals surface area contributed by atoms with E-state index < -0.39 is 0 Å². The Morgan fingerprint density at radius 2 is 2.08 bits per heavy atom. The van der Waals surface area contributed by atoms with Crippen LogP contribution in [0.4, 0.5) is 9.80 Å². The molecule has 6 rings (SSSR count). The topological polar surface area (TPSA) is 45.7 Å². The highest BCUT2D eigenvalue weighted by atomic mass is 35.5. The van der Waals surface area contributed by atoms with Crippen LogP contribution in [0.5, 0.6) is 0 Å². The molecule has 0 unspecified atom stereocenters. The second kappa shape index (κ2) is 5.69. The van der Waals surface area contributed by atoms with Crippen molar-refractivity contribution in [3.8, 4) is 10.4 Å². The summed E-state index contributed by atoms with van der Waals surface area (Å²) in [6.07, 6.45) is 3.71. The van der Waals surface area contributed by atoms with Crippen LogP contribution in [0.25, 0.3) is 10.4 Å². The number of hydrogen-bond donors (Lipinski definition) is 0. The number of ether oxygens (including phenoxy) is 1. The lowest BCUT2D eigenvalue weighted by atomic mass is 9.75. The molecule has 4 aliphatic heterocycles. The van der Waals surface area contributed by atoms with Gasteiger partial charge >= 0.3 is 6.09 Å². The van der Waals surface area contributed by atoms with Crippen LogP contribution in [-0.4, -0.2) is 47.8 Å². The van der Waals surface area contributed by atoms with Crippen molar-refractivity contribution in [2.75, 3.05) is 31.1 Å². The number of aromatic nitrogens is 1. The Morgan fingerprint density at radius 1 is 1.24 bits per heavy atom. The van der Waals surface area contributed by atoms with Crippen molar-refractivity contribution >= 4 is 34.0 Å². The minimum atomic E-state index is -0.330. The second-order valence-corrected chi connectivity index (χ2v) is 8.47. The highest BCUT2D eigenvalue weighted by Crippen LogP contribution is 2.45. The number of carbonyl (C=O) groups is 1. The standard InChI is InChI=1S/C18H18ClN3O2S/c19-16-13(2-1-7-20-16)14-3-4-15(25-14)22-11-18(24-17(22)23)10-21-8-5-12(18)6-9-21/h1-4,7,12H,5-6,8-11H2/t18-/m0/s1. The molecule has 0 aromatic carbocycles. The molecule has 0 aliphatic carbocycles. The Kier molecular flexibility index (Phi) is 3.55. The first kappa shape index (κ1) is 15.6. The van der Waals surface area contributed by atoms with Crippen LogP contribution in [0.1, 0.15) is 12.8 Å². The summed E-state index contributed by atoms with van der Waals surface area (Å²) in [5, 5.41) is 1.39. The van der Waals surface area contributed by atoms with Crippen LogP contribution in [0.2, 0.25) is 5.15 Å². The van der Waals surface area contributed by atoms with Gasteiger partial charge in [-0.3, -0.25) is 9.80 Å². The molecular weight excluding hydrogens is 358 g/mol. The van der Waals surface area contributed by atoms with Crippen molar-refractivity contribution in [1.82, 2.24) is 9.88 Å². The molecule has 5 nitrogen and oxygen atoms in total. The molecule has 25 heavy (non-hydrogen) atoms. The Morgan fingerprint density at radius 3 is 2.80 bits per heavy atom. The van der Waals surface area contributed by atoms with Gasteiger partial charge in [-0.05, 0) is 50.2 Å². The molecule has 0 radical (unpaired) electrons. The maximum absolute atomic E-state index is 12.6. The second-order valence-electron chi connectivity index (χ2n) is 7.05. The van der Waals surface area contributed by atoms with Crippen molar-refractivity contribution in [3.63, 3.8) is 0 Å². The van der Waals surface area contributed by atoms with Crippen LogP contribution in [0.3, 0.4) is 0 Å². The summed E-state index contributed by atoms with van der Waals surface area (Å²) in [4.78, 5) is 21.9. The number of fused-ring (bicyclic) bond motifs is 2. The third-order valence-electron chi connectivity index (χ3n) is 5.64. The molecule has 2 bridgehead atoms. The zero-order valence-corrected chi connectivity index (χ0v) is 15.2. The first-order chi connectivity index (χ1) is 12.1. The quantitative estimate of drug-likeness (QED) is 0.747. The number of carbonyl (C=O) groups excluding carboxylic acids is 1. The van der Waals surface area contributed by atoms with E-state index in [4.69, 9.17) is 16.3 Å². The number of hydrogen-bond acceptors (Lipinski definition) is 5. The van der Waals surface area contributed by atoms with Gasteiger partial charge in [0.05, 0.1) is 6.54 Å². The highest BCUT2D eigenvalue weighted by Gasteiger charge is 2.55. The van der Waals surface area contributed by atoms with Crippen molar-refractivity contribution in [2.45, 2.75) is 18.4 Å². The number of piperidine rings is 3. The van der Waals surface area contributed by atoms with Crippen LogP contribution >= 0.6 is 22.9 Å². The fourth-order valence-electron chi connectivity index (χ4n) is 4.37. The van der Waals surface area contributed by atoms with Gasteiger partial charge in [-0.25, -0.2) is 9.78 Å². The molecule has 130 valence electrons. The fourth-order valence-corrected chi connectivity index (χ4v) is 5.67. The first-order valence-corrected chi connectivity index (χ1v) is 9.78. The zero-order valence-electron chi connectivity index (χ0n) is 13.7. The Bertz CT molecular complexity index is 833. The van der Waals surface area contributed by atoms with Crippen molar-refractivity contribution in [3.05, 3.63) is 35.6 Å². The summed E-state index contributed by atoms with van der Waals surface area (Å²) in [6.45, 7) is 3.78. The van der Waals surface area contributed by atoms with Gasteiger partial charge in [-0.1, -0.05) is 11.6 Å². The molecule has 6 heterocycles. The van der Waals surface area contributed by atoms with Gasteiger partial charge in [0.25, 0.3) is 0 Å². The average Bonchev–Trinajstić information content (AvgIpc) is 3.21. The van der Waals surface area contributed by atoms with Gasteiger partial charge in [0.15, 0.2) is 0 Å². The lowest BCUT2D eigenvalue weighted by molar-refractivity contribution is -0.0881. The first-order valence-electron chi connectivity index (χ1n) is 8.58. The number of nitrogens with zero attached hydrogens (tertiary/aromatic N) is 3. The summed E-state index contributed by atoms with van der Waals surface area (Å²) >= 11 is 7.76. The summed E-state index contributed by atoms with van der Waals surface area (Å²) in [7, 11) is 0. The van der Waals surface area contributed by atoms with E-state index in [-0.39, 0.29) is 11.7 Å². The SMILES string of the molecule is O=C1O[C@@]2(CN3CCC2CC3)CN1c1ccc(-c2cccnc2Cl)s1. The van der Waals surface area contributed by atoms with E-state index in [0.29, 0.717) is 17.6 Å². The predicted octanol–water partition coefficient (Wildman–Crippen LogP) is 3.88. The normalized spacial score (nSPS) is 30.9. The van der Waals surface area contributed by atoms with Gasteiger partial charge in [0, 0.05) is 29.1 Å². The summed E-state index contributed by atoms with van der Waals surface area (Å²) in [6, 6.07) is 7.79. The number of thiophene rings is 1. The number of pyridine rings is 1. The highest BCUT2D eigenvalue weighted by molar-refractivity contribution is 7.19. The summed E-state index contributed by atoms with van der Waals surface area (Å²) in [5.41, 5.74) is 0.564. The molecule has 4 saturated heterocycles. The monoisotopic (exact) mass is 375 g/mol. The van der Waals surface area contributed by atoms with Gasteiger partial charge < -0.3 is 4.74 Å². The maximum atomic E-state index is 12.6. The van der Waals surface area contributed by atoms with Crippen molar-refractivity contribution in [1.29, 1.82) is 0 Å². The van der Waals surface area contributed by atoms with E-state index in [1.165, 1.54) is 0 Å². The smallest absolute Gasteiger partial charge is 0.415 e. The van der Waals surface area contributed by atoms with Crippen molar-refractivity contribution in [2.24, 2.45) is 5.92 Å². The molecule has 1 atom stereocenters. The van der Waals surface area contributed by atoms with E-state index in [0.717, 1.165) is 47.9 Å². The molecule has 1 spiro atoms. The third-order valence-corrected chi connectivity index (χ3v) is 7.08. The minimum Gasteiger partial charge on any atom is -0.439 e. The van der Waals surface area contributed by atoms with E-state index >= 15 is 0 Å². The Balaban J connectivity index is 1.43. The molecule has 4 fully saturated rings. The summed E-state index contributed by atoms with van der Waals surface area (Å²) in [5.74, 6) is 0.485. The third kappa shape index (κ3) is 2.46. The van der Waals surface area contributed by atoms with Gasteiger partial charge in [0.2, 0.25) is 0 Å². The van der Waals surface area contributed by atoms with Crippen LogP contribution in [0.15, 0.2) is 30.5 Å². The molecular formula is C18H18ClN3O2S. The summed E-state index contributed by atoms with van der Waals surface area (Å²) < 4.78 is 5.94. The average molecular weight is 376 g/mol. The van der Waals surface area contributed by atoms with Crippen molar-refractivity contribution < 1.29 is 9.53 Å². The fraction of sp³-hybridized carbons (Fsp3) is 0.444. The predicted molar refractivity (Wildman–Crippen MR) is 98.3 cm³/mol. The lowest BCUT2D eigenvalue weighted by Gasteiger charge is -2.49. The number of anilines is 1. The number of rotatable bonds is 2. The molecule has 2 aromatic heterocycles. The van der Waals surface area contributed by atoms with Crippen LogP contribution in [-0.2, 0) is 4.74 Å². The number of halogens is 1. The van der Waals surface area contributed by atoms with Gasteiger partial charge in [-0.15, -0.1) is 11.3 Å². The largest absolute Gasteiger partial charge is 0.439 e. The molecule has 1 amide bonds. The van der Waals surface area contributed by atoms with E-state index in [1.807, 2.05) is 24.3 Å². The molecule has 7 heteroatoms. The van der Waals surface area contributed by atoms with E-state index in [1.54, 1.807) is 22.4 Å².